The van der Waals surface area contributed by atoms with Crippen molar-refractivity contribution in [2.45, 2.75) is 25.4 Å². The van der Waals surface area contributed by atoms with Crippen LogP contribution >= 0.6 is 0 Å². The average Bonchev–Trinajstić information content (AvgIpc) is 3.25. The van der Waals surface area contributed by atoms with Crippen LogP contribution in [0.1, 0.15) is 30.0 Å². The molecule has 2 aliphatic carbocycles. The van der Waals surface area contributed by atoms with E-state index in [1.54, 1.807) is 0 Å². The van der Waals surface area contributed by atoms with Crippen LogP contribution in [0.5, 0.6) is 0 Å². The molecular weight excluding hydrogens is 294 g/mol. The zero-order valence-electron chi connectivity index (χ0n) is 13.6. The van der Waals surface area contributed by atoms with Crippen LogP contribution in [0.4, 0.5) is 0 Å². The number of carbonyl (C=O) groups is 1. The van der Waals surface area contributed by atoms with E-state index in [4.69, 9.17) is 0 Å². The Balaban J connectivity index is 1.54. The topological polar surface area (TPSA) is 20.3 Å². The maximum atomic E-state index is 13.3. The van der Waals surface area contributed by atoms with Crippen LogP contribution in [-0.4, -0.2) is 10.8 Å². The zero-order valence-corrected chi connectivity index (χ0v) is 13.6. The van der Waals surface area contributed by atoms with Gasteiger partial charge in [0, 0.05) is 6.54 Å². The van der Waals surface area contributed by atoms with Gasteiger partial charge in [0.05, 0.1) is 11.5 Å². The molecule has 2 bridgehead atoms. The first kappa shape index (κ1) is 14.0. The van der Waals surface area contributed by atoms with E-state index < -0.39 is 0 Å². The summed E-state index contributed by atoms with van der Waals surface area (Å²) in [6, 6.07) is 21.2. The number of hydrogen-bond donors (Lipinski definition) is 0. The minimum Gasteiger partial charge on any atom is -0.330 e. The first-order valence-corrected chi connectivity index (χ1v) is 8.87. The highest BCUT2D eigenvalue weighted by Crippen LogP contribution is 2.66. The van der Waals surface area contributed by atoms with E-state index in [2.05, 4.69) is 59.5 Å². The third kappa shape index (κ3) is 1.80. The predicted octanol–water partition coefficient (Wildman–Crippen LogP) is 4.35. The molecule has 1 amide bonds. The summed E-state index contributed by atoms with van der Waals surface area (Å²) in [4.78, 5) is 15.4. The average molecular weight is 315 g/mol. The molecule has 2 nitrogen and oxygen atoms in total. The summed E-state index contributed by atoms with van der Waals surface area (Å²) in [6.45, 7) is 0.710. The Morgan fingerprint density at radius 2 is 1.67 bits per heavy atom. The molecule has 1 heterocycles. The van der Waals surface area contributed by atoms with Gasteiger partial charge in [0.25, 0.3) is 0 Å². The van der Waals surface area contributed by atoms with E-state index in [9.17, 15) is 4.79 Å². The zero-order chi connectivity index (χ0) is 16.1. The molecule has 2 aromatic rings. The number of allylic oxidation sites excluding steroid dienone is 2. The van der Waals surface area contributed by atoms with Crippen molar-refractivity contribution in [3.8, 4) is 0 Å². The first-order valence-electron chi connectivity index (χ1n) is 8.87. The predicted molar refractivity (Wildman–Crippen MR) is 94.0 cm³/mol. The Morgan fingerprint density at radius 3 is 2.29 bits per heavy atom. The van der Waals surface area contributed by atoms with Gasteiger partial charge < -0.3 is 4.90 Å². The van der Waals surface area contributed by atoms with Crippen LogP contribution in [0.3, 0.4) is 0 Å². The Hall–Kier alpha value is -2.35. The summed E-state index contributed by atoms with van der Waals surface area (Å²) >= 11 is 0. The summed E-state index contributed by atoms with van der Waals surface area (Å²) in [5.74, 6) is 1.38. The third-order valence-corrected chi connectivity index (χ3v) is 6.20. The SMILES string of the molecule is O=C1N(Cc2ccccc2)[C@H](c2ccccc2)[C@@]12C[C@@H]1C=C[C@H]2C1. The number of carbonyl (C=O) groups excluding carboxylic acids is 1. The quantitative estimate of drug-likeness (QED) is 0.609. The van der Waals surface area contributed by atoms with Gasteiger partial charge in [-0.1, -0.05) is 72.8 Å². The highest BCUT2D eigenvalue weighted by atomic mass is 16.2. The number of amides is 1. The van der Waals surface area contributed by atoms with Crippen molar-refractivity contribution in [3.63, 3.8) is 0 Å². The second-order valence-electron chi connectivity index (χ2n) is 7.46. The second kappa shape index (κ2) is 5.07. The van der Waals surface area contributed by atoms with Crippen LogP contribution in [0.2, 0.25) is 0 Å². The van der Waals surface area contributed by atoms with Gasteiger partial charge in [-0.3, -0.25) is 4.79 Å². The highest BCUT2D eigenvalue weighted by Gasteiger charge is 2.67. The fourth-order valence-electron chi connectivity index (χ4n) is 5.22. The molecule has 2 aromatic carbocycles. The molecule has 4 atom stereocenters. The molecule has 0 unspecified atom stereocenters. The van der Waals surface area contributed by atoms with Crippen LogP contribution in [0.15, 0.2) is 72.8 Å². The van der Waals surface area contributed by atoms with Crippen molar-refractivity contribution in [1.29, 1.82) is 0 Å². The fourth-order valence-corrected chi connectivity index (χ4v) is 5.22. The van der Waals surface area contributed by atoms with Gasteiger partial charge in [-0.2, -0.15) is 0 Å². The van der Waals surface area contributed by atoms with Gasteiger partial charge >= 0.3 is 0 Å². The molecular formula is C22H21NO. The largest absolute Gasteiger partial charge is 0.330 e. The second-order valence-corrected chi connectivity index (χ2v) is 7.46. The summed E-state index contributed by atoms with van der Waals surface area (Å²) in [7, 11) is 0. The van der Waals surface area contributed by atoms with Gasteiger partial charge in [0.2, 0.25) is 5.91 Å². The molecule has 0 radical (unpaired) electrons. The third-order valence-electron chi connectivity index (χ3n) is 6.20. The smallest absolute Gasteiger partial charge is 0.232 e. The summed E-state index contributed by atoms with van der Waals surface area (Å²) in [6.07, 6.45) is 6.82. The van der Waals surface area contributed by atoms with E-state index in [1.165, 1.54) is 11.1 Å². The lowest BCUT2D eigenvalue weighted by molar-refractivity contribution is -0.179. The van der Waals surface area contributed by atoms with Gasteiger partial charge in [-0.15, -0.1) is 0 Å². The number of hydrogen-bond acceptors (Lipinski definition) is 1. The Bertz CT molecular complexity index is 797. The number of fused-ring (bicyclic) bond motifs is 3. The Morgan fingerprint density at radius 1 is 0.958 bits per heavy atom. The molecule has 1 saturated carbocycles. The summed E-state index contributed by atoms with van der Waals surface area (Å²) in [5.41, 5.74) is 2.31. The lowest BCUT2D eigenvalue weighted by Crippen LogP contribution is -2.64. The fraction of sp³-hybridized carbons (Fsp3) is 0.318. The van der Waals surface area contributed by atoms with E-state index >= 15 is 0 Å². The number of nitrogens with zero attached hydrogens (tertiary/aromatic N) is 1. The van der Waals surface area contributed by atoms with Crippen molar-refractivity contribution in [1.82, 2.24) is 4.90 Å². The van der Waals surface area contributed by atoms with E-state index in [-0.39, 0.29) is 11.5 Å². The molecule has 24 heavy (non-hydrogen) atoms. The van der Waals surface area contributed by atoms with Gasteiger partial charge in [0.15, 0.2) is 0 Å². The molecule has 0 N–H and O–H groups in total. The van der Waals surface area contributed by atoms with Crippen molar-refractivity contribution in [3.05, 3.63) is 83.9 Å². The molecule has 2 fully saturated rings. The lowest BCUT2D eigenvalue weighted by atomic mass is 9.60. The van der Waals surface area contributed by atoms with Crippen LogP contribution < -0.4 is 0 Å². The van der Waals surface area contributed by atoms with Crippen LogP contribution in [0.25, 0.3) is 0 Å². The van der Waals surface area contributed by atoms with Crippen LogP contribution in [0, 0.1) is 17.3 Å². The summed E-state index contributed by atoms with van der Waals surface area (Å²) in [5, 5.41) is 0. The maximum Gasteiger partial charge on any atom is 0.232 e. The molecule has 1 spiro atoms. The monoisotopic (exact) mass is 315 g/mol. The number of β-lactam (4-membered cyclic amide) rings is 1. The minimum atomic E-state index is -0.185. The molecule has 5 rings (SSSR count). The van der Waals surface area contributed by atoms with Crippen molar-refractivity contribution in [2.75, 3.05) is 0 Å². The highest BCUT2D eigenvalue weighted by molar-refractivity contribution is 5.92. The van der Waals surface area contributed by atoms with Crippen molar-refractivity contribution >= 4 is 5.91 Å². The first-order chi connectivity index (χ1) is 11.8. The van der Waals surface area contributed by atoms with Gasteiger partial charge in [-0.25, -0.2) is 0 Å². The van der Waals surface area contributed by atoms with Gasteiger partial charge in [0.1, 0.15) is 0 Å². The molecule has 0 aromatic heterocycles. The maximum absolute atomic E-state index is 13.3. The van der Waals surface area contributed by atoms with Gasteiger partial charge in [-0.05, 0) is 35.8 Å². The van der Waals surface area contributed by atoms with E-state index in [0.29, 0.717) is 24.3 Å². The molecule has 3 aliphatic rings. The minimum absolute atomic E-state index is 0.185. The van der Waals surface area contributed by atoms with Crippen LogP contribution in [-0.2, 0) is 11.3 Å². The van der Waals surface area contributed by atoms with E-state index in [0.717, 1.165) is 12.8 Å². The lowest BCUT2D eigenvalue weighted by Gasteiger charge is -2.58. The summed E-state index contributed by atoms with van der Waals surface area (Å²) < 4.78 is 0. The number of likely N-dealkylation sites (tertiary alicyclic amines) is 1. The van der Waals surface area contributed by atoms with Crippen molar-refractivity contribution < 1.29 is 4.79 Å². The number of rotatable bonds is 3. The Labute approximate surface area is 142 Å². The molecule has 120 valence electrons. The molecule has 1 saturated heterocycles. The normalized spacial score (nSPS) is 33.2. The molecule has 1 aliphatic heterocycles. The van der Waals surface area contributed by atoms with E-state index in [1.807, 2.05) is 18.2 Å². The van der Waals surface area contributed by atoms with Crippen molar-refractivity contribution in [2.24, 2.45) is 17.3 Å². The standard InChI is InChI=1S/C22H21NO/c24-21-22(14-17-11-12-19(22)13-17)20(18-9-5-2-6-10-18)23(21)15-16-7-3-1-4-8-16/h1-12,17,19-20H,13-15H2/t17-,19+,20-,22+/m1/s1. The Kier molecular flexibility index (Phi) is 2.97. The molecule has 2 heteroatoms. The number of benzene rings is 2.